The fourth-order valence-corrected chi connectivity index (χ4v) is 4.33. The minimum atomic E-state index is -0.299. The summed E-state index contributed by atoms with van der Waals surface area (Å²) in [6, 6.07) is 3.89. The van der Waals surface area contributed by atoms with Crippen molar-refractivity contribution < 1.29 is 9.53 Å². The molecule has 0 bridgehead atoms. The molecule has 3 aromatic rings. The van der Waals surface area contributed by atoms with Gasteiger partial charge in [-0.15, -0.1) is 0 Å². The van der Waals surface area contributed by atoms with Crippen LogP contribution in [0.1, 0.15) is 17.5 Å². The number of ether oxygens (including phenoxy) is 1. The van der Waals surface area contributed by atoms with Crippen LogP contribution >= 0.6 is 15.9 Å². The van der Waals surface area contributed by atoms with Crippen LogP contribution in [0, 0.1) is 6.92 Å². The number of anilines is 1. The Hall–Kier alpha value is -2.68. The van der Waals surface area contributed by atoms with Crippen LogP contribution in [0.2, 0.25) is 0 Å². The van der Waals surface area contributed by atoms with Crippen molar-refractivity contribution in [1.82, 2.24) is 19.3 Å². The molecule has 0 saturated heterocycles. The Balaban J connectivity index is 1.73. The molecule has 0 spiro atoms. The van der Waals surface area contributed by atoms with Crippen molar-refractivity contribution in [3.63, 3.8) is 0 Å². The van der Waals surface area contributed by atoms with Crippen molar-refractivity contribution in [2.75, 3.05) is 18.6 Å². The molecule has 0 atom stereocenters. The van der Waals surface area contributed by atoms with Crippen molar-refractivity contribution in [2.24, 2.45) is 7.05 Å². The number of aromatic nitrogens is 4. The summed E-state index contributed by atoms with van der Waals surface area (Å²) < 4.78 is 8.78. The van der Waals surface area contributed by atoms with Gasteiger partial charge >= 0.3 is 0 Å². The van der Waals surface area contributed by atoms with Gasteiger partial charge in [-0.3, -0.25) is 14.2 Å². The lowest BCUT2D eigenvalue weighted by atomic mass is 9.96. The van der Waals surface area contributed by atoms with Crippen LogP contribution in [0.3, 0.4) is 0 Å². The molecule has 0 radical (unpaired) electrons. The van der Waals surface area contributed by atoms with Gasteiger partial charge in [0.25, 0.3) is 5.56 Å². The second-order valence-corrected chi connectivity index (χ2v) is 7.60. The number of nitrogens with zero attached hydrogens (tertiary/aromatic N) is 5. The predicted molar refractivity (Wildman–Crippen MR) is 109 cm³/mol. The number of aryl methyl sites for hydroxylation is 2. The van der Waals surface area contributed by atoms with Crippen LogP contribution in [-0.4, -0.2) is 38.9 Å². The van der Waals surface area contributed by atoms with Gasteiger partial charge in [-0.25, -0.2) is 9.67 Å². The van der Waals surface area contributed by atoms with E-state index in [4.69, 9.17) is 4.74 Å². The second kappa shape index (κ2) is 7.05. The van der Waals surface area contributed by atoms with E-state index in [9.17, 15) is 9.59 Å². The first-order chi connectivity index (χ1) is 13.4. The Morgan fingerprint density at radius 2 is 2.14 bits per heavy atom. The molecular formula is C19H20BrN5O3. The highest BCUT2D eigenvalue weighted by Crippen LogP contribution is 2.38. The lowest BCUT2D eigenvalue weighted by Crippen LogP contribution is -2.40. The lowest BCUT2D eigenvalue weighted by Gasteiger charge is -2.32. The van der Waals surface area contributed by atoms with E-state index in [-0.39, 0.29) is 18.0 Å². The minimum absolute atomic E-state index is 0.0976. The first-order valence-electron chi connectivity index (χ1n) is 8.97. The molecular weight excluding hydrogens is 426 g/mol. The van der Waals surface area contributed by atoms with Crippen LogP contribution in [0.25, 0.3) is 11.0 Å². The van der Waals surface area contributed by atoms with Crippen LogP contribution in [0.4, 0.5) is 5.69 Å². The van der Waals surface area contributed by atoms with Gasteiger partial charge in [0.15, 0.2) is 5.65 Å². The zero-order valence-corrected chi connectivity index (χ0v) is 17.5. The molecule has 28 heavy (non-hydrogen) atoms. The normalized spacial score (nSPS) is 13.6. The third kappa shape index (κ3) is 2.90. The number of hydrogen-bond acceptors (Lipinski definition) is 5. The Bertz CT molecular complexity index is 1150. The van der Waals surface area contributed by atoms with Gasteiger partial charge in [-0.1, -0.05) is 6.07 Å². The monoisotopic (exact) mass is 445 g/mol. The first-order valence-corrected chi connectivity index (χ1v) is 9.76. The summed E-state index contributed by atoms with van der Waals surface area (Å²) in [5, 5.41) is 4.53. The maximum absolute atomic E-state index is 13.1. The molecule has 1 amide bonds. The highest BCUT2D eigenvalue weighted by Gasteiger charge is 2.27. The lowest BCUT2D eigenvalue weighted by molar-refractivity contribution is -0.119. The number of methoxy groups -OCH3 is 1. The topological polar surface area (TPSA) is 82.2 Å². The van der Waals surface area contributed by atoms with Crippen LogP contribution in [-0.2, 0) is 24.8 Å². The van der Waals surface area contributed by atoms with Crippen molar-refractivity contribution in [1.29, 1.82) is 0 Å². The standard InChI is InChI=1S/C19H20BrN5O3/c1-11-6-7-13(28-3)16-12(11)5-4-8-25(16)14(26)9-24-10-21-18-15(19(24)27)17(20)22-23(18)2/h6-7,10H,4-5,8-9H2,1-3H3. The number of carbonyl (C=O) groups is 1. The summed E-state index contributed by atoms with van der Waals surface area (Å²) in [5.74, 6) is 0.498. The van der Waals surface area contributed by atoms with Crippen LogP contribution in [0.5, 0.6) is 5.75 Å². The molecule has 0 saturated carbocycles. The largest absolute Gasteiger partial charge is 0.495 e. The maximum Gasteiger partial charge on any atom is 0.266 e. The molecule has 0 fully saturated rings. The van der Waals surface area contributed by atoms with E-state index in [1.54, 1.807) is 19.1 Å². The third-order valence-corrected chi connectivity index (χ3v) is 5.71. The Morgan fingerprint density at radius 1 is 1.36 bits per heavy atom. The molecule has 4 rings (SSSR count). The molecule has 9 heteroatoms. The highest BCUT2D eigenvalue weighted by molar-refractivity contribution is 9.10. The van der Waals surface area contributed by atoms with E-state index >= 15 is 0 Å². The van der Waals surface area contributed by atoms with Crippen LogP contribution in [0.15, 0.2) is 27.9 Å². The van der Waals surface area contributed by atoms with E-state index in [0.29, 0.717) is 27.9 Å². The van der Waals surface area contributed by atoms with E-state index in [2.05, 4.69) is 26.0 Å². The van der Waals surface area contributed by atoms with E-state index in [1.807, 2.05) is 19.1 Å². The molecule has 0 aliphatic carbocycles. The first kappa shape index (κ1) is 18.7. The molecule has 2 aromatic heterocycles. The van der Waals surface area contributed by atoms with Gasteiger partial charge in [-0.05, 0) is 52.9 Å². The zero-order valence-electron chi connectivity index (χ0n) is 15.9. The van der Waals surface area contributed by atoms with Gasteiger partial charge in [0.05, 0.1) is 12.8 Å². The number of hydrogen-bond donors (Lipinski definition) is 0. The van der Waals surface area contributed by atoms with Crippen molar-refractivity contribution >= 4 is 38.6 Å². The average molecular weight is 446 g/mol. The quantitative estimate of drug-likeness (QED) is 0.616. The third-order valence-electron chi connectivity index (χ3n) is 5.15. The van der Waals surface area contributed by atoms with Crippen LogP contribution < -0.4 is 15.2 Å². The number of fused-ring (bicyclic) bond motifs is 2. The zero-order chi connectivity index (χ0) is 20.0. The fraction of sp³-hybridized carbons (Fsp3) is 0.368. The molecule has 1 aromatic carbocycles. The summed E-state index contributed by atoms with van der Waals surface area (Å²) in [6.45, 7) is 2.53. The number of carbonyl (C=O) groups excluding carboxylic acids is 1. The summed E-state index contributed by atoms with van der Waals surface area (Å²) in [4.78, 5) is 32.0. The highest BCUT2D eigenvalue weighted by atomic mass is 79.9. The van der Waals surface area contributed by atoms with E-state index in [1.165, 1.54) is 15.6 Å². The fourth-order valence-electron chi connectivity index (χ4n) is 3.75. The molecule has 8 nitrogen and oxygen atoms in total. The molecule has 1 aliphatic heterocycles. The molecule has 0 N–H and O–H groups in total. The second-order valence-electron chi connectivity index (χ2n) is 6.85. The summed E-state index contributed by atoms with van der Waals surface area (Å²) in [5.41, 5.74) is 3.24. The number of rotatable bonds is 3. The molecule has 0 unspecified atom stereocenters. The summed E-state index contributed by atoms with van der Waals surface area (Å²) >= 11 is 3.30. The van der Waals surface area contributed by atoms with E-state index in [0.717, 1.165) is 29.7 Å². The van der Waals surface area contributed by atoms with E-state index < -0.39 is 0 Å². The van der Waals surface area contributed by atoms with Gasteiger partial charge in [0.2, 0.25) is 5.91 Å². The minimum Gasteiger partial charge on any atom is -0.495 e. The van der Waals surface area contributed by atoms with Gasteiger partial charge in [-0.2, -0.15) is 5.10 Å². The Labute approximate surface area is 169 Å². The van der Waals surface area contributed by atoms with Gasteiger partial charge in [0, 0.05) is 13.6 Å². The Morgan fingerprint density at radius 3 is 2.89 bits per heavy atom. The van der Waals surface area contributed by atoms with Crippen molar-refractivity contribution in [2.45, 2.75) is 26.3 Å². The maximum atomic E-state index is 13.1. The van der Waals surface area contributed by atoms with Crippen molar-refractivity contribution in [3.8, 4) is 5.75 Å². The molecule has 3 heterocycles. The molecule has 1 aliphatic rings. The summed E-state index contributed by atoms with van der Waals surface area (Å²) in [7, 11) is 3.32. The molecule has 146 valence electrons. The average Bonchev–Trinajstić information content (AvgIpc) is 2.98. The van der Waals surface area contributed by atoms with Gasteiger partial charge < -0.3 is 9.64 Å². The van der Waals surface area contributed by atoms with Gasteiger partial charge in [0.1, 0.15) is 28.6 Å². The smallest absolute Gasteiger partial charge is 0.266 e. The Kier molecular flexibility index (Phi) is 4.70. The predicted octanol–water partition coefficient (Wildman–Crippen LogP) is 2.19. The number of amides is 1. The number of benzene rings is 1. The number of halogens is 1. The summed E-state index contributed by atoms with van der Waals surface area (Å²) in [6.07, 6.45) is 3.17. The van der Waals surface area contributed by atoms with Crippen molar-refractivity contribution in [3.05, 3.63) is 44.5 Å². The SMILES string of the molecule is COc1ccc(C)c2c1N(C(=O)Cn1cnc3c(c(Br)nn3C)c1=O)CCC2.